The summed E-state index contributed by atoms with van der Waals surface area (Å²) in [6.07, 6.45) is 1.90. The third-order valence-electron chi connectivity index (χ3n) is 2.35. The highest BCUT2D eigenvalue weighted by atomic mass is 32.1. The van der Waals surface area contributed by atoms with Gasteiger partial charge < -0.3 is 5.11 Å². The fourth-order valence-corrected chi connectivity index (χ4v) is 2.35. The average molecular weight is 168 g/mol. The molecule has 1 N–H and O–H groups in total. The van der Waals surface area contributed by atoms with Gasteiger partial charge in [0, 0.05) is 9.75 Å². The normalized spacial score (nSPS) is 20.3. The Morgan fingerprint density at radius 1 is 1.45 bits per heavy atom. The van der Waals surface area contributed by atoms with E-state index in [1.54, 1.807) is 11.3 Å². The zero-order valence-electron chi connectivity index (χ0n) is 6.85. The lowest BCUT2D eigenvalue weighted by Gasteiger charge is -2.00. The number of hydrogen-bond donors (Lipinski definition) is 1. The molecule has 1 aliphatic carbocycles. The lowest BCUT2D eigenvalue weighted by atomic mass is 10.2. The molecule has 1 aromatic heterocycles. The quantitative estimate of drug-likeness (QED) is 0.682. The van der Waals surface area contributed by atoms with Crippen molar-refractivity contribution in [2.24, 2.45) is 0 Å². The van der Waals surface area contributed by atoms with Crippen LogP contribution in [-0.2, 0) is 5.60 Å². The zero-order valence-corrected chi connectivity index (χ0v) is 7.66. The third kappa shape index (κ3) is 1.10. The van der Waals surface area contributed by atoms with E-state index in [-0.39, 0.29) is 0 Å². The van der Waals surface area contributed by atoms with Gasteiger partial charge in [0.05, 0.1) is 5.60 Å². The molecular weight excluding hydrogens is 156 g/mol. The molecule has 2 rings (SSSR count). The Hall–Kier alpha value is -0.340. The van der Waals surface area contributed by atoms with Gasteiger partial charge in [-0.1, -0.05) is 0 Å². The molecule has 1 aromatic rings. The van der Waals surface area contributed by atoms with Crippen LogP contribution in [0.15, 0.2) is 6.07 Å². The van der Waals surface area contributed by atoms with Gasteiger partial charge >= 0.3 is 0 Å². The highest BCUT2D eigenvalue weighted by Gasteiger charge is 2.43. The lowest BCUT2D eigenvalue weighted by molar-refractivity contribution is 0.155. The van der Waals surface area contributed by atoms with Gasteiger partial charge in [-0.15, -0.1) is 11.3 Å². The molecule has 11 heavy (non-hydrogen) atoms. The minimum Gasteiger partial charge on any atom is -0.384 e. The summed E-state index contributed by atoms with van der Waals surface area (Å²) >= 11 is 1.73. The predicted molar refractivity (Wildman–Crippen MR) is 46.9 cm³/mol. The summed E-state index contributed by atoms with van der Waals surface area (Å²) in [5, 5.41) is 9.75. The van der Waals surface area contributed by atoms with Crippen molar-refractivity contribution in [2.45, 2.75) is 32.3 Å². The number of thiophene rings is 1. The number of aliphatic hydroxyl groups is 1. The van der Waals surface area contributed by atoms with Gasteiger partial charge in [-0.25, -0.2) is 0 Å². The third-order valence-corrected chi connectivity index (χ3v) is 3.69. The maximum absolute atomic E-state index is 9.75. The summed E-state index contributed by atoms with van der Waals surface area (Å²) in [5.41, 5.74) is 0.884. The Balaban J connectivity index is 2.39. The van der Waals surface area contributed by atoms with Crippen molar-refractivity contribution < 1.29 is 5.11 Å². The number of rotatable bonds is 1. The Labute approximate surface area is 70.7 Å². The lowest BCUT2D eigenvalue weighted by Crippen LogP contribution is -1.99. The van der Waals surface area contributed by atoms with Crippen LogP contribution in [0.4, 0.5) is 0 Å². The van der Waals surface area contributed by atoms with Gasteiger partial charge in [0.25, 0.3) is 0 Å². The van der Waals surface area contributed by atoms with Crippen LogP contribution < -0.4 is 0 Å². The molecule has 1 heterocycles. The highest BCUT2D eigenvalue weighted by molar-refractivity contribution is 7.12. The van der Waals surface area contributed by atoms with Crippen LogP contribution in [-0.4, -0.2) is 5.11 Å². The van der Waals surface area contributed by atoms with Crippen molar-refractivity contribution in [3.05, 3.63) is 21.4 Å². The molecule has 1 aliphatic rings. The molecule has 1 fully saturated rings. The van der Waals surface area contributed by atoms with Gasteiger partial charge in [0.15, 0.2) is 0 Å². The molecule has 1 saturated carbocycles. The molecule has 2 heteroatoms. The fraction of sp³-hybridized carbons (Fsp3) is 0.556. The van der Waals surface area contributed by atoms with Crippen LogP contribution >= 0.6 is 11.3 Å². The van der Waals surface area contributed by atoms with Gasteiger partial charge in [0.1, 0.15) is 0 Å². The van der Waals surface area contributed by atoms with E-state index in [0.29, 0.717) is 0 Å². The zero-order chi connectivity index (χ0) is 8.06. The van der Waals surface area contributed by atoms with E-state index in [2.05, 4.69) is 19.9 Å². The molecule has 0 unspecified atom stereocenters. The van der Waals surface area contributed by atoms with Crippen molar-refractivity contribution in [1.82, 2.24) is 0 Å². The summed E-state index contributed by atoms with van der Waals surface area (Å²) in [6.45, 7) is 4.20. The first kappa shape index (κ1) is 7.32. The molecule has 0 amide bonds. The maximum Gasteiger partial charge on any atom is 0.0990 e. The molecule has 0 spiro atoms. The Kier molecular flexibility index (Phi) is 1.38. The smallest absolute Gasteiger partial charge is 0.0990 e. The van der Waals surface area contributed by atoms with Crippen LogP contribution in [0.1, 0.15) is 28.2 Å². The second kappa shape index (κ2) is 2.08. The first-order valence-corrected chi connectivity index (χ1v) is 4.73. The maximum atomic E-state index is 9.75. The minimum atomic E-state index is -0.427. The molecule has 1 nitrogen and oxygen atoms in total. The van der Waals surface area contributed by atoms with Crippen molar-refractivity contribution in [2.75, 3.05) is 0 Å². The Morgan fingerprint density at radius 2 is 2.09 bits per heavy atom. The van der Waals surface area contributed by atoms with Gasteiger partial charge in [0.2, 0.25) is 0 Å². The summed E-state index contributed by atoms with van der Waals surface area (Å²) in [7, 11) is 0. The fourth-order valence-electron chi connectivity index (χ4n) is 1.17. The van der Waals surface area contributed by atoms with Crippen LogP contribution in [0.25, 0.3) is 0 Å². The summed E-state index contributed by atoms with van der Waals surface area (Å²) < 4.78 is 0. The SMILES string of the molecule is Cc1cc(C2(O)CC2)sc1C. The van der Waals surface area contributed by atoms with Crippen molar-refractivity contribution in [3.8, 4) is 0 Å². The largest absolute Gasteiger partial charge is 0.384 e. The van der Waals surface area contributed by atoms with Gasteiger partial charge in [-0.05, 0) is 38.3 Å². The first-order chi connectivity index (χ1) is 5.12. The van der Waals surface area contributed by atoms with E-state index in [1.807, 2.05) is 0 Å². The van der Waals surface area contributed by atoms with Crippen LogP contribution in [0.3, 0.4) is 0 Å². The molecule has 60 valence electrons. The van der Waals surface area contributed by atoms with E-state index in [9.17, 15) is 5.11 Å². The van der Waals surface area contributed by atoms with E-state index in [1.165, 1.54) is 10.4 Å². The summed E-state index contributed by atoms with van der Waals surface area (Å²) in [5.74, 6) is 0. The monoisotopic (exact) mass is 168 g/mol. The number of hydrogen-bond acceptors (Lipinski definition) is 2. The second-order valence-electron chi connectivity index (χ2n) is 3.38. The van der Waals surface area contributed by atoms with Crippen LogP contribution in [0.2, 0.25) is 0 Å². The number of aryl methyl sites for hydroxylation is 2. The Bertz CT molecular complexity index is 264. The molecule has 0 aliphatic heterocycles. The van der Waals surface area contributed by atoms with Gasteiger partial charge in [-0.3, -0.25) is 0 Å². The van der Waals surface area contributed by atoms with Crippen molar-refractivity contribution >= 4 is 11.3 Å². The molecule has 0 bridgehead atoms. The summed E-state index contributed by atoms with van der Waals surface area (Å²) in [6, 6.07) is 2.12. The minimum absolute atomic E-state index is 0.427. The van der Waals surface area contributed by atoms with E-state index in [0.717, 1.165) is 17.7 Å². The molecule has 0 radical (unpaired) electrons. The van der Waals surface area contributed by atoms with Crippen LogP contribution in [0.5, 0.6) is 0 Å². The van der Waals surface area contributed by atoms with E-state index >= 15 is 0 Å². The topological polar surface area (TPSA) is 20.2 Å². The van der Waals surface area contributed by atoms with Crippen molar-refractivity contribution in [1.29, 1.82) is 0 Å². The first-order valence-electron chi connectivity index (χ1n) is 3.92. The predicted octanol–water partition coefficient (Wildman–Crippen LogP) is 2.35. The second-order valence-corrected chi connectivity index (χ2v) is 4.64. The molecule has 0 atom stereocenters. The van der Waals surface area contributed by atoms with E-state index < -0.39 is 5.60 Å². The van der Waals surface area contributed by atoms with Crippen molar-refractivity contribution in [3.63, 3.8) is 0 Å². The molecular formula is C9H12OS. The molecule has 0 saturated heterocycles. The average Bonchev–Trinajstić information content (AvgIpc) is 2.59. The van der Waals surface area contributed by atoms with E-state index in [4.69, 9.17) is 0 Å². The van der Waals surface area contributed by atoms with Crippen LogP contribution in [0, 0.1) is 13.8 Å². The van der Waals surface area contributed by atoms with Gasteiger partial charge in [-0.2, -0.15) is 0 Å². The highest BCUT2D eigenvalue weighted by Crippen LogP contribution is 2.48. The standard InChI is InChI=1S/C9H12OS/c1-6-5-8(11-7(6)2)9(10)3-4-9/h5,10H,3-4H2,1-2H3. The summed E-state index contributed by atoms with van der Waals surface area (Å²) in [4.78, 5) is 2.49. The Morgan fingerprint density at radius 3 is 2.45 bits per heavy atom. The molecule has 0 aromatic carbocycles.